The smallest absolute Gasteiger partial charge is 0.160 e. The molecule has 3 heteroatoms. The van der Waals surface area contributed by atoms with Crippen molar-refractivity contribution < 1.29 is 0 Å². The van der Waals surface area contributed by atoms with Crippen LogP contribution in [0.2, 0.25) is 0 Å². The number of aliphatic imine (C=N–C) groups is 2. The van der Waals surface area contributed by atoms with Crippen LogP contribution in [0.25, 0.3) is 76.5 Å². The summed E-state index contributed by atoms with van der Waals surface area (Å²) in [7, 11) is 2.12. The maximum atomic E-state index is 5.68. The highest BCUT2D eigenvalue weighted by molar-refractivity contribution is 6.28. The molecular weight excluding hydrogens is 799 g/mol. The number of nitrogens with zero attached hydrogens (tertiary/aromatic N) is 3. The zero-order chi connectivity index (χ0) is 43.5. The van der Waals surface area contributed by atoms with E-state index in [1.165, 1.54) is 82.2 Å². The molecule has 1 spiro atoms. The van der Waals surface area contributed by atoms with Crippen molar-refractivity contribution >= 4 is 54.8 Å². The van der Waals surface area contributed by atoms with Gasteiger partial charge in [0, 0.05) is 23.7 Å². The Morgan fingerprint density at radius 1 is 0.379 bits per heavy atom. The molecule has 2 aliphatic carbocycles. The van der Waals surface area contributed by atoms with Gasteiger partial charge in [0.1, 0.15) is 12.0 Å². The van der Waals surface area contributed by atoms with Crippen molar-refractivity contribution in [1.82, 2.24) is 4.90 Å². The van der Waals surface area contributed by atoms with Crippen molar-refractivity contribution in [1.29, 1.82) is 0 Å². The van der Waals surface area contributed by atoms with Gasteiger partial charge in [0.2, 0.25) is 0 Å². The van der Waals surface area contributed by atoms with Crippen molar-refractivity contribution in [2.24, 2.45) is 9.98 Å². The quantitative estimate of drug-likeness (QED) is 0.162. The van der Waals surface area contributed by atoms with E-state index in [0.717, 1.165) is 44.9 Å². The van der Waals surface area contributed by atoms with Crippen LogP contribution in [0.4, 0.5) is 0 Å². The molecule has 2 unspecified atom stereocenters. The van der Waals surface area contributed by atoms with Crippen molar-refractivity contribution in [2.75, 3.05) is 7.05 Å². The van der Waals surface area contributed by atoms with Gasteiger partial charge < -0.3 is 4.90 Å². The molecule has 11 aromatic rings. The standard InChI is InChI=1S/C63H41N3/c1-66-61(39-20-4-2-5-21-39)64-60(65-62(66)40-22-6-3-7-23-40)58-50-31-14-10-25-43(50)42-24-8-12-29-48(42)56(58)41-36-37-47-46-28-16-18-34-53(46)63(55(47)38-41)54-35-19-17-33-52(54)57-49-30-13-9-26-44(49)45-27-11-15-32-51(45)59(57)63/h2-38,61H,1H3. The van der Waals surface area contributed by atoms with E-state index in [2.05, 4.69) is 236 Å². The summed E-state index contributed by atoms with van der Waals surface area (Å²) in [6, 6.07) is 82.7. The molecule has 3 nitrogen and oxygen atoms in total. The van der Waals surface area contributed by atoms with Crippen LogP contribution in [0.1, 0.15) is 45.1 Å². The normalized spacial score (nSPS) is 16.9. The Kier molecular flexibility index (Phi) is 7.88. The zero-order valence-electron chi connectivity index (χ0n) is 36.3. The molecule has 3 aliphatic rings. The van der Waals surface area contributed by atoms with E-state index in [9.17, 15) is 0 Å². The molecule has 0 aromatic heterocycles. The Balaban J connectivity index is 1.12. The van der Waals surface area contributed by atoms with E-state index < -0.39 is 5.41 Å². The highest BCUT2D eigenvalue weighted by Crippen LogP contribution is 2.66. The molecule has 11 aromatic carbocycles. The minimum atomic E-state index is -0.577. The van der Waals surface area contributed by atoms with E-state index in [-0.39, 0.29) is 6.17 Å². The number of rotatable bonds is 4. The fourth-order valence-electron chi connectivity index (χ4n) is 12.1. The van der Waals surface area contributed by atoms with Crippen LogP contribution < -0.4 is 0 Å². The maximum absolute atomic E-state index is 5.68. The Morgan fingerprint density at radius 3 is 1.50 bits per heavy atom. The van der Waals surface area contributed by atoms with Crippen LogP contribution in [-0.2, 0) is 5.41 Å². The molecule has 1 heterocycles. The second-order valence-corrected chi connectivity index (χ2v) is 17.9. The van der Waals surface area contributed by atoms with E-state index in [0.29, 0.717) is 0 Å². The predicted octanol–water partition coefficient (Wildman–Crippen LogP) is 15.1. The van der Waals surface area contributed by atoms with Crippen LogP contribution in [0.15, 0.2) is 234 Å². The first-order valence-electron chi connectivity index (χ1n) is 22.9. The SMILES string of the molecule is CN1C(c2ccccc2)=NC(c2c(-c3ccc4c(c3)C3(c5ccccc5-4)c4ccccc4-c4c3c3ccccc3c3ccccc43)c3ccccc3c3ccccc23)=NC1c1ccccc1. The second-order valence-electron chi connectivity index (χ2n) is 17.9. The Morgan fingerprint density at radius 2 is 0.848 bits per heavy atom. The van der Waals surface area contributed by atoms with Crippen molar-refractivity contribution in [3.63, 3.8) is 0 Å². The average molecular weight is 840 g/mol. The highest BCUT2D eigenvalue weighted by atomic mass is 15.3. The van der Waals surface area contributed by atoms with Gasteiger partial charge in [-0.25, -0.2) is 9.98 Å². The third-order valence-corrected chi connectivity index (χ3v) is 14.7. The van der Waals surface area contributed by atoms with Crippen LogP contribution in [0.3, 0.4) is 0 Å². The molecule has 0 bridgehead atoms. The lowest BCUT2D eigenvalue weighted by Crippen LogP contribution is -2.35. The Labute approximate surface area is 383 Å². The Hall–Kier alpha value is -8.40. The van der Waals surface area contributed by atoms with E-state index in [1.54, 1.807) is 0 Å². The number of hydrogen-bond acceptors (Lipinski definition) is 3. The van der Waals surface area contributed by atoms with Gasteiger partial charge in [-0.15, -0.1) is 0 Å². The van der Waals surface area contributed by atoms with Crippen LogP contribution in [0, 0.1) is 0 Å². The van der Waals surface area contributed by atoms with Crippen LogP contribution in [-0.4, -0.2) is 23.6 Å². The lowest BCUT2D eigenvalue weighted by molar-refractivity contribution is 0.383. The molecule has 1 aliphatic heterocycles. The van der Waals surface area contributed by atoms with E-state index in [1.807, 2.05) is 0 Å². The van der Waals surface area contributed by atoms with Crippen LogP contribution >= 0.6 is 0 Å². The van der Waals surface area contributed by atoms with Gasteiger partial charge in [-0.1, -0.05) is 218 Å². The lowest BCUT2D eigenvalue weighted by atomic mass is 9.68. The molecule has 308 valence electrons. The molecule has 0 N–H and O–H groups in total. The fraction of sp³-hybridized carbons (Fsp3) is 0.0476. The van der Waals surface area contributed by atoms with Gasteiger partial charge in [-0.3, -0.25) is 0 Å². The summed E-state index contributed by atoms with van der Waals surface area (Å²) in [5.74, 6) is 1.62. The summed E-state index contributed by atoms with van der Waals surface area (Å²) >= 11 is 0. The first-order valence-corrected chi connectivity index (χ1v) is 22.9. The van der Waals surface area contributed by atoms with Crippen molar-refractivity contribution in [2.45, 2.75) is 11.6 Å². The molecule has 0 saturated carbocycles. The molecular formula is C63H41N3. The topological polar surface area (TPSA) is 28.0 Å². The van der Waals surface area contributed by atoms with Gasteiger partial charge in [0.05, 0.1) is 5.41 Å². The van der Waals surface area contributed by atoms with Crippen LogP contribution in [0.5, 0.6) is 0 Å². The molecule has 0 saturated heterocycles. The summed E-state index contributed by atoms with van der Waals surface area (Å²) in [5.41, 5.74) is 15.4. The minimum Gasteiger partial charge on any atom is -0.333 e. The summed E-state index contributed by atoms with van der Waals surface area (Å²) in [4.78, 5) is 13.5. The number of amidine groups is 2. The summed E-state index contributed by atoms with van der Waals surface area (Å²) in [5, 5.41) is 9.85. The number of fused-ring (bicyclic) bond motifs is 18. The minimum absolute atomic E-state index is 0.292. The average Bonchev–Trinajstić information content (AvgIpc) is 3.86. The molecule has 0 amide bonds. The summed E-state index contributed by atoms with van der Waals surface area (Å²) in [6.07, 6.45) is -0.292. The zero-order valence-corrected chi connectivity index (χ0v) is 36.3. The van der Waals surface area contributed by atoms with Crippen molar-refractivity contribution in [3.8, 4) is 33.4 Å². The highest BCUT2D eigenvalue weighted by Gasteiger charge is 2.53. The molecule has 2 atom stereocenters. The van der Waals surface area contributed by atoms with Gasteiger partial charge in [0.15, 0.2) is 5.84 Å². The van der Waals surface area contributed by atoms with Gasteiger partial charge in [-0.05, 0) is 105 Å². The van der Waals surface area contributed by atoms with Crippen molar-refractivity contribution in [3.05, 3.63) is 263 Å². The van der Waals surface area contributed by atoms with Gasteiger partial charge in [-0.2, -0.15) is 0 Å². The van der Waals surface area contributed by atoms with E-state index in [4.69, 9.17) is 9.98 Å². The number of hydrogen-bond donors (Lipinski definition) is 0. The molecule has 0 fully saturated rings. The molecule has 14 rings (SSSR count). The summed E-state index contributed by atoms with van der Waals surface area (Å²) in [6.45, 7) is 0. The van der Waals surface area contributed by atoms with E-state index >= 15 is 0 Å². The van der Waals surface area contributed by atoms with Gasteiger partial charge >= 0.3 is 0 Å². The first kappa shape index (κ1) is 37.0. The summed E-state index contributed by atoms with van der Waals surface area (Å²) < 4.78 is 0. The second kappa shape index (κ2) is 14.0. The largest absolute Gasteiger partial charge is 0.333 e. The third kappa shape index (κ3) is 4.97. The Bertz CT molecular complexity index is 3900. The lowest BCUT2D eigenvalue weighted by Gasteiger charge is -2.33. The fourth-order valence-corrected chi connectivity index (χ4v) is 12.1. The molecule has 0 radical (unpaired) electrons. The third-order valence-electron chi connectivity index (χ3n) is 14.7. The maximum Gasteiger partial charge on any atom is 0.160 e. The van der Waals surface area contributed by atoms with Gasteiger partial charge in [0.25, 0.3) is 0 Å². The number of benzene rings is 11. The molecule has 66 heavy (non-hydrogen) atoms. The predicted molar refractivity (Wildman–Crippen MR) is 275 cm³/mol. The monoisotopic (exact) mass is 839 g/mol. The first-order chi connectivity index (χ1) is 32.7.